The predicted octanol–water partition coefficient (Wildman–Crippen LogP) is 3.69. The summed E-state index contributed by atoms with van der Waals surface area (Å²) in [6.45, 7) is 5.33. The smallest absolute Gasteiger partial charge is 0.247 e. The summed E-state index contributed by atoms with van der Waals surface area (Å²) in [5.41, 5.74) is 2.24. The van der Waals surface area contributed by atoms with E-state index in [2.05, 4.69) is 45.3 Å². The van der Waals surface area contributed by atoms with Gasteiger partial charge < -0.3 is 10.2 Å². The Balaban J connectivity index is 1.82. The third-order valence-electron chi connectivity index (χ3n) is 4.31. The van der Waals surface area contributed by atoms with Gasteiger partial charge in [0.2, 0.25) is 5.95 Å². The fourth-order valence-corrected chi connectivity index (χ4v) is 3.02. The summed E-state index contributed by atoms with van der Waals surface area (Å²) in [6, 6.07) is 8.71. The summed E-state index contributed by atoms with van der Waals surface area (Å²) in [5.74, 6) is 1.49. The topological polar surface area (TPSA) is 53.9 Å². The predicted molar refractivity (Wildman–Crippen MR) is 89.6 cm³/mol. The lowest BCUT2D eigenvalue weighted by atomic mass is 10.0. The van der Waals surface area contributed by atoms with E-state index in [1.54, 1.807) is 6.20 Å². The van der Waals surface area contributed by atoms with Crippen molar-refractivity contribution in [2.24, 2.45) is 0 Å². The van der Waals surface area contributed by atoms with Crippen molar-refractivity contribution in [3.05, 3.63) is 36.0 Å². The van der Waals surface area contributed by atoms with Crippen LogP contribution in [0.3, 0.4) is 0 Å². The van der Waals surface area contributed by atoms with Crippen molar-refractivity contribution in [2.75, 3.05) is 16.8 Å². The van der Waals surface area contributed by atoms with Crippen LogP contribution in [-0.4, -0.2) is 27.8 Å². The number of para-hydroxylation sites is 1. The molecule has 1 aliphatic rings. The first kappa shape index (κ1) is 14.8. The third kappa shape index (κ3) is 3.18. The van der Waals surface area contributed by atoms with E-state index < -0.39 is 0 Å². The number of anilines is 3. The van der Waals surface area contributed by atoms with E-state index >= 15 is 0 Å². The third-order valence-corrected chi connectivity index (χ3v) is 4.31. The van der Waals surface area contributed by atoms with Crippen LogP contribution in [0.25, 0.3) is 0 Å². The fourth-order valence-electron chi connectivity index (χ4n) is 3.02. The Morgan fingerprint density at radius 2 is 2.14 bits per heavy atom. The number of hydrogen-bond acceptors (Lipinski definition) is 5. The Bertz CT molecular complexity index is 628. The molecule has 1 fully saturated rings. The highest BCUT2D eigenvalue weighted by Crippen LogP contribution is 2.25. The molecule has 5 nitrogen and oxygen atoms in total. The normalized spacial score (nSPS) is 18.3. The largest absolute Gasteiger partial charge is 0.339 e. The Morgan fingerprint density at radius 1 is 1.27 bits per heavy atom. The van der Waals surface area contributed by atoms with Crippen LogP contribution in [0.15, 0.2) is 30.5 Å². The lowest BCUT2D eigenvalue weighted by Crippen LogP contribution is -2.40. The van der Waals surface area contributed by atoms with E-state index in [0.717, 1.165) is 30.4 Å². The molecule has 1 unspecified atom stereocenters. The van der Waals surface area contributed by atoms with E-state index in [1.165, 1.54) is 24.8 Å². The molecule has 0 spiro atoms. The quantitative estimate of drug-likeness (QED) is 0.932. The van der Waals surface area contributed by atoms with Crippen LogP contribution in [0, 0.1) is 6.92 Å². The summed E-state index contributed by atoms with van der Waals surface area (Å²) >= 11 is 0. The molecule has 1 saturated heterocycles. The Kier molecular flexibility index (Phi) is 4.51. The van der Waals surface area contributed by atoms with E-state index in [9.17, 15) is 0 Å². The lowest BCUT2D eigenvalue weighted by molar-refractivity contribution is 0.442. The Morgan fingerprint density at radius 3 is 2.95 bits per heavy atom. The molecule has 3 rings (SSSR count). The Hall–Kier alpha value is -2.17. The molecule has 2 heterocycles. The SMILES string of the molecule is CCC1CCCCN1c1nncc(Nc2ccccc2C)n1. The van der Waals surface area contributed by atoms with Crippen LogP contribution < -0.4 is 10.2 Å². The average Bonchev–Trinajstić information content (AvgIpc) is 2.57. The van der Waals surface area contributed by atoms with Crippen LogP contribution in [0.4, 0.5) is 17.5 Å². The van der Waals surface area contributed by atoms with E-state index in [0.29, 0.717) is 6.04 Å². The molecule has 5 heteroatoms. The highest BCUT2D eigenvalue weighted by atomic mass is 15.3. The molecule has 22 heavy (non-hydrogen) atoms. The zero-order chi connectivity index (χ0) is 15.4. The second-order valence-electron chi connectivity index (χ2n) is 5.83. The number of benzene rings is 1. The minimum absolute atomic E-state index is 0.532. The van der Waals surface area contributed by atoms with Gasteiger partial charge in [0.1, 0.15) is 0 Å². The van der Waals surface area contributed by atoms with Gasteiger partial charge in [0.25, 0.3) is 0 Å². The number of hydrogen-bond donors (Lipinski definition) is 1. The molecular formula is C17H23N5. The van der Waals surface area contributed by atoms with Crippen molar-refractivity contribution >= 4 is 17.5 Å². The molecule has 1 N–H and O–H groups in total. The molecular weight excluding hydrogens is 274 g/mol. The molecule has 0 amide bonds. The first-order valence-electron chi connectivity index (χ1n) is 8.07. The van der Waals surface area contributed by atoms with Gasteiger partial charge in [0.05, 0.1) is 6.20 Å². The maximum Gasteiger partial charge on any atom is 0.247 e. The minimum Gasteiger partial charge on any atom is -0.339 e. The van der Waals surface area contributed by atoms with Gasteiger partial charge in [0.15, 0.2) is 5.82 Å². The van der Waals surface area contributed by atoms with Gasteiger partial charge in [-0.25, -0.2) is 0 Å². The summed E-state index contributed by atoms with van der Waals surface area (Å²) < 4.78 is 0. The molecule has 0 bridgehead atoms. The number of aryl methyl sites for hydroxylation is 1. The van der Waals surface area contributed by atoms with Crippen LogP contribution in [-0.2, 0) is 0 Å². The van der Waals surface area contributed by atoms with Crippen molar-refractivity contribution < 1.29 is 0 Å². The molecule has 0 saturated carbocycles. The molecule has 1 atom stereocenters. The number of nitrogens with one attached hydrogen (secondary N) is 1. The fraction of sp³-hybridized carbons (Fsp3) is 0.471. The Labute approximate surface area is 131 Å². The van der Waals surface area contributed by atoms with Crippen molar-refractivity contribution in [3.63, 3.8) is 0 Å². The summed E-state index contributed by atoms with van der Waals surface area (Å²) in [5, 5.41) is 11.7. The minimum atomic E-state index is 0.532. The van der Waals surface area contributed by atoms with E-state index in [4.69, 9.17) is 0 Å². The lowest BCUT2D eigenvalue weighted by Gasteiger charge is -2.34. The summed E-state index contributed by atoms with van der Waals surface area (Å²) in [4.78, 5) is 6.98. The molecule has 0 radical (unpaired) electrons. The number of piperidine rings is 1. The van der Waals surface area contributed by atoms with Gasteiger partial charge in [-0.05, 0) is 44.2 Å². The molecule has 1 aliphatic heterocycles. The molecule has 1 aromatic carbocycles. The maximum atomic E-state index is 4.67. The van der Waals surface area contributed by atoms with Gasteiger partial charge >= 0.3 is 0 Å². The number of rotatable bonds is 4. The zero-order valence-electron chi connectivity index (χ0n) is 13.3. The summed E-state index contributed by atoms with van der Waals surface area (Å²) in [7, 11) is 0. The highest BCUT2D eigenvalue weighted by molar-refractivity contribution is 5.60. The van der Waals surface area contributed by atoms with Gasteiger partial charge in [-0.3, -0.25) is 0 Å². The van der Waals surface area contributed by atoms with Gasteiger partial charge in [-0.1, -0.05) is 25.1 Å². The first-order valence-corrected chi connectivity index (χ1v) is 8.07. The van der Waals surface area contributed by atoms with Crippen LogP contribution in [0.1, 0.15) is 38.2 Å². The van der Waals surface area contributed by atoms with Crippen LogP contribution >= 0.6 is 0 Å². The standard InChI is InChI=1S/C17H23N5/c1-3-14-9-6-7-11-22(14)17-20-16(12-18-21-17)19-15-10-5-4-8-13(15)2/h4-5,8,10,12,14H,3,6-7,9,11H2,1-2H3,(H,19,20,21). The van der Waals surface area contributed by atoms with Gasteiger partial charge in [-0.2, -0.15) is 10.1 Å². The first-order chi connectivity index (χ1) is 10.8. The molecule has 1 aromatic heterocycles. The molecule has 0 aliphatic carbocycles. The van der Waals surface area contributed by atoms with E-state index in [-0.39, 0.29) is 0 Å². The molecule has 116 valence electrons. The van der Waals surface area contributed by atoms with Gasteiger partial charge in [0, 0.05) is 18.3 Å². The van der Waals surface area contributed by atoms with Crippen molar-refractivity contribution in [2.45, 2.75) is 45.6 Å². The van der Waals surface area contributed by atoms with Crippen molar-refractivity contribution in [1.82, 2.24) is 15.2 Å². The van der Waals surface area contributed by atoms with Crippen LogP contribution in [0.5, 0.6) is 0 Å². The van der Waals surface area contributed by atoms with E-state index in [1.807, 2.05) is 18.2 Å². The monoisotopic (exact) mass is 297 g/mol. The number of aromatic nitrogens is 3. The number of nitrogens with zero attached hydrogens (tertiary/aromatic N) is 4. The summed E-state index contributed by atoms with van der Waals surface area (Å²) in [6.07, 6.45) is 6.52. The van der Waals surface area contributed by atoms with Crippen molar-refractivity contribution in [3.8, 4) is 0 Å². The van der Waals surface area contributed by atoms with Crippen LogP contribution in [0.2, 0.25) is 0 Å². The zero-order valence-corrected chi connectivity index (χ0v) is 13.3. The second-order valence-corrected chi connectivity index (χ2v) is 5.83. The maximum absolute atomic E-state index is 4.67. The second kappa shape index (κ2) is 6.73. The van der Waals surface area contributed by atoms with Crippen molar-refractivity contribution in [1.29, 1.82) is 0 Å². The van der Waals surface area contributed by atoms with Gasteiger partial charge in [-0.15, -0.1) is 5.10 Å². The average molecular weight is 297 g/mol. The molecule has 2 aromatic rings. The highest BCUT2D eigenvalue weighted by Gasteiger charge is 2.23.